The number of nitrogens with two attached hydrogens (primary N) is 1. The van der Waals surface area contributed by atoms with Gasteiger partial charge in [-0.05, 0) is 49.9 Å². The Kier molecular flexibility index (Phi) is 6.74. The molecule has 0 atom stereocenters. The van der Waals surface area contributed by atoms with E-state index in [9.17, 15) is 14.4 Å². The highest BCUT2D eigenvalue weighted by Crippen LogP contribution is 2.28. The minimum atomic E-state index is -1.04. The van der Waals surface area contributed by atoms with Crippen molar-refractivity contribution < 1.29 is 19.5 Å². The van der Waals surface area contributed by atoms with Gasteiger partial charge in [0.05, 0.1) is 0 Å². The summed E-state index contributed by atoms with van der Waals surface area (Å²) < 4.78 is 0. The molecule has 0 radical (unpaired) electrons. The molecule has 3 fully saturated rings. The fourth-order valence-electron chi connectivity index (χ4n) is 4.68. The van der Waals surface area contributed by atoms with E-state index in [1.807, 2.05) is 48.5 Å². The fourth-order valence-corrected chi connectivity index (χ4v) is 4.68. The lowest BCUT2D eigenvalue weighted by molar-refractivity contribution is -0.144. The number of carboxylic acid groups (broad SMARTS) is 1. The molecule has 3 saturated heterocycles. The maximum atomic E-state index is 11.8. The van der Waals surface area contributed by atoms with Crippen molar-refractivity contribution in [3.63, 3.8) is 0 Å². The standard InChI is InChI=1S/C13H15N3O2.C12H16N2O2/c17-11-13(15-12(18)14-11)6-8-16(9-7-13)10-4-2-1-3-5-10;13-12(11(15)16)6-8-14(9-7-12)10-4-2-1-3-5-10/h1-5H,6-9H2,(H2,14,15,17,18);1-5H,6-9,13H2,(H,15,16). The second-order valence-electron chi connectivity index (χ2n) is 9.10. The molecule has 3 amide bonds. The van der Waals surface area contributed by atoms with E-state index in [2.05, 4.69) is 32.6 Å². The van der Waals surface area contributed by atoms with Gasteiger partial charge >= 0.3 is 12.0 Å². The molecule has 0 aromatic heterocycles. The second kappa shape index (κ2) is 9.72. The van der Waals surface area contributed by atoms with Crippen LogP contribution in [0.1, 0.15) is 25.7 Å². The highest BCUT2D eigenvalue weighted by atomic mass is 16.4. The van der Waals surface area contributed by atoms with Crippen LogP contribution in [0, 0.1) is 0 Å². The predicted octanol–water partition coefficient (Wildman–Crippen LogP) is 1.93. The van der Waals surface area contributed by atoms with E-state index in [0.29, 0.717) is 38.8 Å². The van der Waals surface area contributed by atoms with Crippen molar-refractivity contribution in [1.29, 1.82) is 0 Å². The average Bonchev–Trinajstić information content (AvgIpc) is 3.13. The summed E-state index contributed by atoms with van der Waals surface area (Å²) in [5, 5.41) is 14.1. The number of nitrogens with one attached hydrogen (secondary N) is 2. The number of urea groups is 1. The Morgan fingerprint density at radius 3 is 1.62 bits per heavy atom. The molecule has 5 rings (SSSR count). The van der Waals surface area contributed by atoms with Gasteiger partial charge in [0.2, 0.25) is 0 Å². The number of para-hydroxylation sites is 2. The maximum Gasteiger partial charge on any atom is 0.323 e. The molecule has 0 bridgehead atoms. The van der Waals surface area contributed by atoms with E-state index in [1.54, 1.807) is 0 Å². The number of carboxylic acids is 1. The summed E-state index contributed by atoms with van der Waals surface area (Å²) in [6.07, 6.45) is 2.30. The zero-order valence-electron chi connectivity index (χ0n) is 19.1. The van der Waals surface area contributed by atoms with Crippen LogP contribution >= 0.6 is 0 Å². The molecule has 3 aliphatic rings. The molecule has 2 aromatic rings. The lowest BCUT2D eigenvalue weighted by atomic mass is 9.87. The van der Waals surface area contributed by atoms with Crippen LogP contribution in [0.2, 0.25) is 0 Å². The number of piperidine rings is 2. The first-order valence-electron chi connectivity index (χ1n) is 11.6. The van der Waals surface area contributed by atoms with Crippen molar-refractivity contribution in [2.45, 2.75) is 36.8 Å². The Balaban J connectivity index is 0.000000162. The van der Waals surface area contributed by atoms with Crippen molar-refractivity contribution in [1.82, 2.24) is 10.6 Å². The molecule has 5 N–H and O–H groups in total. The lowest BCUT2D eigenvalue weighted by Gasteiger charge is -2.38. The summed E-state index contributed by atoms with van der Waals surface area (Å²) in [6.45, 7) is 2.95. The number of amides is 3. The Morgan fingerprint density at radius 1 is 0.794 bits per heavy atom. The van der Waals surface area contributed by atoms with Crippen molar-refractivity contribution in [2.75, 3.05) is 36.0 Å². The number of imide groups is 1. The third kappa shape index (κ3) is 4.99. The summed E-state index contributed by atoms with van der Waals surface area (Å²) in [6, 6.07) is 19.7. The van der Waals surface area contributed by atoms with Crippen LogP contribution in [0.25, 0.3) is 0 Å². The average molecular weight is 466 g/mol. The molecular formula is C25H31N5O4. The quantitative estimate of drug-likeness (QED) is 0.510. The Labute approximate surface area is 198 Å². The van der Waals surface area contributed by atoms with Crippen molar-refractivity contribution in [3.05, 3.63) is 60.7 Å². The molecule has 0 saturated carbocycles. The van der Waals surface area contributed by atoms with Gasteiger partial charge in [-0.3, -0.25) is 14.9 Å². The van der Waals surface area contributed by atoms with Crippen LogP contribution < -0.4 is 26.2 Å². The molecule has 3 aliphatic heterocycles. The maximum absolute atomic E-state index is 11.8. The summed E-state index contributed by atoms with van der Waals surface area (Å²) in [5.74, 6) is -1.07. The molecule has 2 aromatic carbocycles. The van der Waals surface area contributed by atoms with Crippen molar-refractivity contribution >= 4 is 29.3 Å². The molecule has 180 valence electrons. The normalized spacial score (nSPS) is 20.7. The molecule has 3 heterocycles. The number of nitrogens with zero attached hydrogens (tertiary/aromatic N) is 2. The molecule has 0 aliphatic carbocycles. The minimum Gasteiger partial charge on any atom is -0.480 e. The Bertz CT molecular complexity index is 1010. The number of aliphatic carboxylic acids is 1. The van der Waals surface area contributed by atoms with Crippen molar-refractivity contribution in [2.24, 2.45) is 5.73 Å². The summed E-state index contributed by atoms with van der Waals surface area (Å²) in [4.78, 5) is 38.4. The van der Waals surface area contributed by atoms with Gasteiger partial charge in [0.1, 0.15) is 11.1 Å². The van der Waals surface area contributed by atoms with Crippen LogP contribution in [-0.2, 0) is 9.59 Å². The number of anilines is 2. The number of benzene rings is 2. The smallest absolute Gasteiger partial charge is 0.323 e. The molecule has 9 nitrogen and oxygen atoms in total. The van der Waals surface area contributed by atoms with E-state index < -0.39 is 17.0 Å². The third-order valence-electron chi connectivity index (χ3n) is 6.96. The van der Waals surface area contributed by atoms with E-state index in [4.69, 9.17) is 10.8 Å². The van der Waals surface area contributed by atoms with Crippen LogP contribution in [0.5, 0.6) is 0 Å². The molecule has 34 heavy (non-hydrogen) atoms. The van der Waals surface area contributed by atoms with Gasteiger partial charge < -0.3 is 26.0 Å². The summed E-state index contributed by atoms with van der Waals surface area (Å²) in [7, 11) is 0. The molecule has 0 unspecified atom stereocenters. The predicted molar refractivity (Wildman–Crippen MR) is 130 cm³/mol. The van der Waals surface area contributed by atoms with Gasteiger partial charge in [-0.25, -0.2) is 4.79 Å². The van der Waals surface area contributed by atoms with Gasteiger partial charge in [0, 0.05) is 37.6 Å². The number of hydrogen-bond donors (Lipinski definition) is 4. The molecular weight excluding hydrogens is 434 g/mol. The van der Waals surface area contributed by atoms with Crippen LogP contribution in [0.4, 0.5) is 16.2 Å². The monoisotopic (exact) mass is 465 g/mol. The summed E-state index contributed by atoms with van der Waals surface area (Å²) >= 11 is 0. The Morgan fingerprint density at radius 2 is 1.24 bits per heavy atom. The largest absolute Gasteiger partial charge is 0.480 e. The highest BCUT2D eigenvalue weighted by molar-refractivity contribution is 6.07. The number of carbonyl (C=O) groups is 3. The van der Waals surface area contributed by atoms with Gasteiger partial charge in [0.25, 0.3) is 5.91 Å². The highest BCUT2D eigenvalue weighted by Gasteiger charge is 2.47. The first kappa shape index (κ1) is 23.6. The van der Waals surface area contributed by atoms with E-state index >= 15 is 0 Å². The zero-order chi connectivity index (χ0) is 24.2. The lowest BCUT2D eigenvalue weighted by Crippen LogP contribution is -2.55. The number of carbonyl (C=O) groups excluding carboxylic acids is 2. The van der Waals surface area contributed by atoms with Crippen molar-refractivity contribution in [3.8, 4) is 0 Å². The van der Waals surface area contributed by atoms with E-state index in [0.717, 1.165) is 24.5 Å². The van der Waals surface area contributed by atoms with Crippen LogP contribution in [0.3, 0.4) is 0 Å². The number of hydrogen-bond acceptors (Lipinski definition) is 6. The Hall–Kier alpha value is -3.59. The SMILES string of the molecule is NC1(C(=O)O)CCN(c2ccccc2)CC1.O=C1NC(=O)C2(CCN(c3ccccc3)CC2)N1. The first-order valence-corrected chi connectivity index (χ1v) is 11.6. The van der Waals surface area contributed by atoms with Crippen LogP contribution in [0.15, 0.2) is 60.7 Å². The molecule has 9 heteroatoms. The van der Waals surface area contributed by atoms with Gasteiger partial charge in [-0.2, -0.15) is 0 Å². The zero-order valence-corrected chi connectivity index (χ0v) is 19.1. The third-order valence-corrected chi connectivity index (χ3v) is 6.96. The van der Waals surface area contributed by atoms with Gasteiger partial charge in [-0.15, -0.1) is 0 Å². The van der Waals surface area contributed by atoms with E-state index in [-0.39, 0.29) is 11.9 Å². The second-order valence-corrected chi connectivity index (χ2v) is 9.10. The minimum absolute atomic E-state index is 0.180. The van der Waals surface area contributed by atoms with Gasteiger partial charge in [0.15, 0.2) is 0 Å². The van der Waals surface area contributed by atoms with Crippen LogP contribution in [-0.4, -0.2) is 60.3 Å². The fraction of sp³-hybridized carbons (Fsp3) is 0.400. The van der Waals surface area contributed by atoms with Gasteiger partial charge in [-0.1, -0.05) is 36.4 Å². The topological polar surface area (TPSA) is 128 Å². The molecule has 1 spiro atoms. The van der Waals surface area contributed by atoms with E-state index in [1.165, 1.54) is 0 Å². The summed E-state index contributed by atoms with van der Waals surface area (Å²) in [5.41, 5.74) is 6.40. The first-order chi connectivity index (χ1) is 16.3. The number of rotatable bonds is 3.